The highest BCUT2D eigenvalue weighted by Crippen LogP contribution is 2.24. The fourth-order valence-corrected chi connectivity index (χ4v) is 5.20. The van der Waals surface area contributed by atoms with Crippen LogP contribution in [-0.4, -0.2) is 63.0 Å². The predicted molar refractivity (Wildman–Crippen MR) is 102 cm³/mol. The van der Waals surface area contributed by atoms with Crippen LogP contribution in [0.25, 0.3) is 11.4 Å². The first-order valence-corrected chi connectivity index (χ1v) is 11.0. The Morgan fingerprint density at radius 2 is 2.15 bits per heavy atom. The van der Waals surface area contributed by atoms with Crippen LogP contribution >= 0.6 is 11.6 Å². The van der Waals surface area contributed by atoms with Crippen LogP contribution in [0.1, 0.15) is 26.7 Å². The third kappa shape index (κ3) is 4.47. The van der Waals surface area contributed by atoms with E-state index in [1.807, 2.05) is 19.9 Å². The van der Waals surface area contributed by atoms with Crippen molar-refractivity contribution in [2.75, 3.05) is 11.5 Å². The molecular formula is C17H22ClN5O3S. The SMILES string of the molecule is CC[C@@H](C)N(C(=O)Cn1nnc(-c2ccccc2Cl)n1)[C@H]1CCS(=O)(=O)C1. The highest BCUT2D eigenvalue weighted by atomic mass is 35.5. The summed E-state index contributed by atoms with van der Waals surface area (Å²) in [4.78, 5) is 15.8. The summed E-state index contributed by atoms with van der Waals surface area (Å²) in [6.07, 6.45) is 1.20. The summed E-state index contributed by atoms with van der Waals surface area (Å²) < 4.78 is 23.7. The van der Waals surface area contributed by atoms with E-state index in [-0.39, 0.29) is 36.0 Å². The van der Waals surface area contributed by atoms with Crippen molar-refractivity contribution in [2.24, 2.45) is 0 Å². The number of carbonyl (C=O) groups is 1. The summed E-state index contributed by atoms with van der Waals surface area (Å²) >= 11 is 6.15. The fraction of sp³-hybridized carbons (Fsp3) is 0.529. The van der Waals surface area contributed by atoms with Crippen molar-refractivity contribution >= 4 is 27.3 Å². The molecule has 0 N–H and O–H groups in total. The minimum Gasteiger partial charge on any atom is -0.334 e. The van der Waals surface area contributed by atoms with E-state index in [1.54, 1.807) is 23.1 Å². The summed E-state index contributed by atoms with van der Waals surface area (Å²) in [6, 6.07) is 6.76. The van der Waals surface area contributed by atoms with Gasteiger partial charge in [-0.1, -0.05) is 30.7 Å². The van der Waals surface area contributed by atoms with Gasteiger partial charge >= 0.3 is 0 Å². The van der Waals surface area contributed by atoms with Gasteiger partial charge in [-0.25, -0.2) is 8.42 Å². The lowest BCUT2D eigenvalue weighted by atomic mass is 10.1. The van der Waals surface area contributed by atoms with Gasteiger partial charge in [0.2, 0.25) is 11.7 Å². The Bertz CT molecular complexity index is 930. The summed E-state index contributed by atoms with van der Waals surface area (Å²) in [5.41, 5.74) is 0.638. The van der Waals surface area contributed by atoms with E-state index in [9.17, 15) is 13.2 Å². The maximum absolute atomic E-state index is 12.9. The fourth-order valence-electron chi connectivity index (χ4n) is 3.26. The molecule has 27 heavy (non-hydrogen) atoms. The van der Waals surface area contributed by atoms with Crippen LogP contribution < -0.4 is 0 Å². The topological polar surface area (TPSA) is 98.1 Å². The van der Waals surface area contributed by atoms with Crippen LogP contribution in [0.15, 0.2) is 24.3 Å². The molecule has 1 amide bonds. The molecule has 0 unspecified atom stereocenters. The molecule has 0 saturated carbocycles. The molecule has 8 nitrogen and oxygen atoms in total. The van der Waals surface area contributed by atoms with Gasteiger partial charge in [0.15, 0.2) is 9.84 Å². The minimum atomic E-state index is -3.08. The van der Waals surface area contributed by atoms with E-state index < -0.39 is 9.84 Å². The van der Waals surface area contributed by atoms with Gasteiger partial charge in [0.05, 0.1) is 16.5 Å². The second kappa shape index (κ2) is 7.93. The Morgan fingerprint density at radius 1 is 1.41 bits per heavy atom. The zero-order valence-corrected chi connectivity index (χ0v) is 16.8. The number of hydrogen-bond donors (Lipinski definition) is 0. The third-order valence-corrected chi connectivity index (χ3v) is 6.88. The maximum Gasteiger partial charge on any atom is 0.246 e. The van der Waals surface area contributed by atoms with Crippen LogP contribution in [0.2, 0.25) is 5.02 Å². The monoisotopic (exact) mass is 411 g/mol. The molecule has 146 valence electrons. The zero-order chi connectivity index (χ0) is 19.6. The number of tetrazole rings is 1. The molecule has 0 aliphatic carbocycles. The molecule has 2 aromatic rings. The van der Waals surface area contributed by atoms with Gasteiger partial charge in [-0.2, -0.15) is 4.80 Å². The Labute approximate surface area is 163 Å². The Morgan fingerprint density at radius 3 is 2.78 bits per heavy atom. The van der Waals surface area contributed by atoms with Crippen molar-refractivity contribution in [1.82, 2.24) is 25.1 Å². The number of sulfone groups is 1. The lowest BCUT2D eigenvalue weighted by molar-refractivity contribution is -0.136. The number of carbonyl (C=O) groups excluding carboxylic acids is 1. The molecule has 10 heteroatoms. The molecule has 1 saturated heterocycles. The van der Waals surface area contributed by atoms with Crippen molar-refractivity contribution in [3.8, 4) is 11.4 Å². The van der Waals surface area contributed by atoms with Gasteiger partial charge in [0.25, 0.3) is 0 Å². The number of hydrogen-bond acceptors (Lipinski definition) is 6. The Kier molecular flexibility index (Phi) is 5.81. The molecule has 1 aromatic heterocycles. The number of nitrogens with zero attached hydrogens (tertiary/aromatic N) is 5. The first-order chi connectivity index (χ1) is 12.8. The van der Waals surface area contributed by atoms with Gasteiger partial charge in [-0.05, 0) is 37.1 Å². The van der Waals surface area contributed by atoms with Crippen molar-refractivity contribution < 1.29 is 13.2 Å². The molecule has 1 aliphatic heterocycles. The van der Waals surface area contributed by atoms with Gasteiger partial charge in [-0.15, -0.1) is 10.2 Å². The average molecular weight is 412 g/mol. The van der Waals surface area contributed by atoms with Crippen LogP contribution in [0.4, 0.5) is 0 Å². The van der Waals surface area contributed by atoms with E-state index in [2.05, 4.69) is 15.4 Å². The van der Waals surface area contributed by atoms with E-state index in [0.717, 1.165) is 6.42 Å². The van der Waals surface area contributed by atoms with Crippen LogP contribution in [-0.2, 0) is 21.2 Å². The van der Waals surface area contributed by atoms with Crippen molar-refractivity contribution in [3.05, 3.63) is 29.3 Å². The van der Waals surface area contributed by atoms with E-state index in [4.69, 9.17) is 11.6 Å². The quantitative estimate of drug-likeness (QED) is 0.718. The Balaban J connectivity index is 1.77. The lowest BCUT2D eigenvalue weighted by Crippen LogP contribution is -2.48. The van der Waals surface area contributed by atoms with Gasteiger partial charge in [-0.3, -0.25) is 4.79 Å². The summed E-state index contributed by atoms with van der Waals surface area (Å²) in [5.74, 6) is 0.260. The van der Waals surface area contributed by atoms with Crippen molar-refractivity contribution in [1.29, 1.82) is 0 Å². The number of halogens is 1. The third-order valence-electron chi connectivity index (χ3n) is 4.80. The Hall–Kier alpha value is -2.00. The van der Waals surface area contributed by atoms with Crippen molar-refractivity contribution in [2.45, 2.75) is 45.3 Å². The van der Waals surface area contributed by atoms with Crippen LogP contribution in [0, 0.1) is 0 Å². The number of benzene rings is 1. The predicted octanol–water partition coefficient (Wildman–Crippen LogP) is 1.81. The summed E-state index contributed by atoms with van der Waals surface area (Å²) in [7, 11) is -3.08. The number of rotatable bonds is 6. The summed E-state index contributed by atoms with van der Waals surface area (Å²) in [5, 5.41) is 12.7. The maximum atomic E-state index is 12.9. The minimum absolute atomic E-state index is 0.0126. The van der Waals surface area contributed by atoms with E-state index in [0.29, 0.717) is 22.8 Å². The van der Waals surface area contributed by atoms with Crippen LogP contribution in [0.5, 0.6) is 0 Å². The number of aromatic nitrogens is 4. The first kappa shape index (κ1) is 19.8. The lowest BCUT2D eigenvalue weighted by Gasteiger charge is -2.33. The smallest absolute Gasteiger partial charge is 0.246 e. The van der Waals surface area contributed by atoms with Gasteiger partial charge < -0.3 is 4.90 Å². The molecule has 2 atom stereocenters. The standard InChI is InChI=1S/C17H22ClN5O3S/c1-3-12(2)23(13-8-9-27(25,26)11-13)16(24)10-22-20-17(19-21-22)14-6-4-5-7-15(14)18/h4-7,12-13H,3,8-11H2,1-2H3/t12-,13+/m1/s1. The van der Waals surface area contributed by atoms with Crippen molar-refractivity contribution in [3.63, 3.8) is 0 Å². The molecule has 1 aromatic carbocycles. The van der Waals surface area contributed by atoms with Crippen LogP contribution in [0.3, 0.4) is 0 Å². The molecule has 0 radical (unpaired) electrons. The molecule has 1 aliphatic rings. The van der Waals surface area contributed by atoms with E-state index >= 15 is 0 Å². The summed E-state index contributed by atoms with van der Waals surface area (Å²) in [6.45, 7) is 3.79. The number of amides is 1. The normalized spacial score (nSPS) is 19.7. The second-order valence-electron chi connectivity index (χ2n) is 6.74. The first-order valence-electron chi connectivity index (χ1n) is 8.85. The largest absolute Gasteiger partial charge is 0.334 e. The van der Waals surface area contributed by atoms with Gasteiger partial charge in [0, 0.05) is 17.6 Å². The molecule has 1 fully saturated rings. The molecule has 2 heterocycles. The average Bonchev–Trinajstić information content (AvgIpc) is 3.21. The molecule has 0 spiro atoms. The van der Waals surface area contributed by atoms with Gasteiger partial charge in [0.1, 0.15) is 6.54 Å². The molecular weight excluding hydrogens is 390 g/mol. The zero-order valence-electron chi connectivity index (χ0n) is 15.2. The highest BCUT2D eigenvalue weighted by molar-refractivity contribution is 7.91. The van der Waals surface area contributed by atoms with E-state index in [1.165, 1.54) is 4.80 Å². The molecule has 0 bridgehead atoms. The highest BCUT2D eigenvalue weighted by Gasteiger charge is 2.36. The second-order valence-corrected chi connectivity index (χ2v) is 9.37. The molecule has 3 rings (SSSR count).